The fourth-order valence-electron chi connectivity index (χ4n) is 2.51. The number of halogens is 1. The highest BCUT2D eigenvalue weighted by molar-refractivity contribution is 9.10. The second kappa shape index (κ2) is 9.67. The number of hydrogen-bond donors (Lipinski definition) is 2. The number of phenols is 1. The van der Waals surface area contributed by atoms with Gasteiger partial charge in [-0.3, -0.25) is 4.79 Å². The van der Waals surface area contributed by atoms with Crippen LogP contribution >= 0.6 is 27.7 Å². The molecule has 0 saturated heterocycles. The molecular formula is C21H19BrN4O2S. The average molecular weight is 471 g/mol. The summed E-state index contributed by atoms with van der Waals surface area (Å²) in [7, 11) is 0. The second-order valence-electron chi connectivity index (χ2n) is 6.32. The number of aromatic hydroxyl groups is 1. The first kappa shape index (κ1) is 21.0. The molecule has 1 aromatic heterocycles. The maximum Gasteiger partial charge on any atom is 0.271 e. The smallest absolute Gasteiger partial charge is 0.271 e. The Morgan fingerprint density at radius 3 is 2.52 bits per heavy atom. The van der Waals surface area contributed by atoms with E-state index >= 15 is 0 Å². The van der Waals surface area contributed by atoms with Gasteiger partial charge in [0, 0.05) is 32.7 Å². The number of nitrogens with one attached hydrogen (secondary N) is 1. The van der Waals surface area contributed by atoms with E-state index in [2.05, 4.69) is 36.4 Å². The first-order valence-electron chi connectivity index (χ1n) is 8.76. The molecule has 0 unspecified atom stereocenters. The van der Waals surface area contributed by atoms with Crippen LogP contribution in [0.3, 0.4) is 0 Å². The molecule has 1 amide bonds. The minimum atomic E-state index is -0.326. The second-order valence-corrected chi connectivity index (χ2v) is 8.18. The Morgan fingerprint density at radius 1 is 1.14 bits per heavy atom. The molecule has 0 fully saturated rings. The quantitative estimate of drug-likeness (QED) is 0.237. The summed E-state index contributed by atoms with van der Waals surface area (Å²) in [4.78, 5) is 21.1. The number of carbonyl (C=O) groups excluding carboxylic acids is 1. The number of carbonyl (C=O) groups is 1. The summed E-state index contributed by atoms with van der Waals surface area (Å²) in [5.74, 6) is 0.471. The van der Waals surface area contributed by atoms with Gasteiger partial charge >= 0.3 is 0 Å². The van der Waals surface area contributed by atoms with Gasteiger partial charge in [-0.15, -0.1) is 0 Å². The number of aromatic nitrogens is 2. The Labute approximate surface area is 181 Å². The minimum Gasteiger partial charge on any atom is -0.507 e. The molecule has 3 aromatic rings. The summed E-state index contributed by atoms with van der Waals surface area (Å²) in [6.07, 6.45) is 1.40. The fraction of sp³-hybridized carbons (Fsp3) is 0.143. The van der Waals surface area contributed by atoms with Gasteiger partial charge in [0.25, 0.3) is 5.91 Å². The molecule has 0 radical (unpaired) electrons. The molecule has 29 heavy (non-hydrogen) atoms. The molecule has 0 aliphatic heterocycles. The summed E-state index contributed by atoms with van der Waals surface area (Å²) in [5.41, 5.74) is 6.42. The van der Waals surface area contributed by atoms with Crippen LogP contribution in [0.5, 0.6) is 5.75 Å². The van der Waals surface area contributed by atoms with Crippen LogP contribution in [-0.2, 0) is 5.75 Å². The Bertz CT molecular complexity index is 1030. The summed E-state index contributed by atoms with van der Waals surface area (Å²) in [6, 6.07) is 14.2. The van der Waals surface area contributed by atoms with Gasteiger partial charge in [0.1, 0.15) is 5.75 Å². The van der Waals surface area contributed by atoms with Crippen LogP contribution in [0.1, 0.15) is 32.9 Å². The zero-order chi connectivity index (χ0) is 20.8. The van der Waals surface area contributed by atoms with E-state index in [1.807, 2.05) is 32.0 Å². The lowest BCUT2D eigenvalue weighted by atomic mass is 10.1. The number of hydrazone groups is 1. The number of phenolic OH excluding ortho intramolecular Hbond substituents is 1. The molecule has 3 rings (SSSR count). The highest BCUT2D eigenvalue weighted by Crippen LogP contribution is 2.21. The van der Waals surface area contributed by atoms with Gasteiger partial charge in [0.05, 0.1) is 6.21 Å². The van der Waals surface area contributed by atoms with Gasteiger partial charge in [0.2, 0.25) is 0 Å². The van der Waals surface area contributed by atoms with E-state index in [4.69, 9.17) is 0 Å². The SMILES string of the molecule is Cc1cc(C)nc(SCc2ccc(C(=O)NN=Cc3cc(Br)ccc3O)cc2)n1. The summed E-state index contributed by atoms with van der Waals surface area (Å²) >= 11 is 4.88. The minimum absolute atomic E-state index is 0.0841. The van der Waals surface area contributed by atoms with Crippen molar-refractivity contribution in [2.75, 3.05) is 0 Å². The van der Waals surface area contributed by atoms with Crippen LogP contribution < -0.4 is 5.43 Å². The van der Waals surface area contributed by atoms with E-state index in [1.54, 1.807) is 42.1 Å². The molecule has 6 nitrogen and oxygen atoms in total. The van der Waals surface area contributed by atoms with Crippen LogP contribution in [0.25, 0.3) is 0 Å². The number of amides is 1. The molecular weight excluding hydrogens is 452 g/mol. The van der Waals surface area contributed by atoms with Crippen LogP contribution in [0.15, 0.2) is 63.3 Å². The van der Waals surface area contributed by atoms with Crippen molar-refractivity contribution >= 4 is 39.8 Å². The maximum atomic E-state index is 12.2. The fourth-order valence-corrected chi connectivity index (χ4v) is 3.80. The van der Waals surface area contributed by atoms with Gasteiger partial charge in [0.15, 0.2) is 5.16 Å². The van der Waals surface area contributed by atoms with Crippen molar-refractivity contribution in [3.63, 3.8) is 0 Å². The molecule has 2 aromatic carbocycles. The van der Waals surface area contributed by atoms with E-state index < -0.39 is 0 Å². The number of thioether (sulfide) groups is 1. The van der Waals surface area contributed by atoms with Crippen LogP contribution in [0.4, 0.5) is 0 Å². The predicted molar refractivity (Wildman–Crippen MR) is 118 cm³/mol. The van der Waals surface area contributed by atoms with Gasteiger partial charge in [-0.05, 0) is 55.8 Å². The van der Waals surface area contributed by atoms with Crippen molar-refractivity contribution in [1.82, 2.24) is 15.4 Å². The van der Waals surface area contributed by atoms with E-state index in [9.17, 15) is 9.90 Å². The van der Waals surface area contributed by atoms with Crippen molar-refractivity contribution in [2.45, 2.75) is 24.8 Å². The molecule has 8 heteroatoms. The van der Waals surface area contributed by atoms with Gasteiger partial charge in [-0.25, -0.2) is 15.4 Å². The van der Waals surface area contributed by atoms with Crippen molar-refractivity contribution in [3.8, 4) is 5.75 Å². The summed E-state index contributed by atoms with van der Waals surface area (Å²) in [5, 5.41) is 14.4. The monoisotopic (exact) mass is 470 g/mol. The summed E-state index contributed by atoms with van der Waals surface area (Å²) < 4.78 is 0.808. The van der Waals surface area contributed by atoms with E-state index in [0.717, 1.165) is 26.6 Å². The lowest BCUT2D eigenvalue weighted by Crippen LogP contribution is -2.17. The number of hydrogen-bond acceptors (Lipinski definition) is 6. The zero-order valence-corrected chi connectivity index (χ0v) is 18.3. The molecule has 0 aliphatic carbocycles. The van der Waals surface area contributed by atoms with Crippen molar-refractivity contribution in [3.05, 3.63) is 81.1 Å². The van der Waals surface area contributed by atoms with Crippen molar-refractivity contribution in [2.24, 2.45) is 5.10 Å². The topological polar surface area (TPSA) is 87.5 Å². The number of rotatable bonds is 6. The lowest BCUT2D eigenvalue weighted by Gasteiger charge is -2.05. The van der Waals surface area contributed by atoms with Gasteiger partial charge in [-0.2, -0.15) is 5.10 Å². The van der Waals surface area contributed by atoms with E-state index in [-0.39, 0.29) is 11.7 Å². The average Bonchev–Trinajstić information content (AvgIpc) is 2.68. The lowest BCUT2D eigenvalue weighted by molar-refractivity contribution is 0.0955. The Hall–Kier alpha value is -2.71. The molecule has 0 spiro atoms. The third kappa shape index (κ3) is 6.13. The highest BCUT2D eigenvalue weighted by Gasteiger charge is 2.06. The first-order valence-corrected chi connectivity index (χ1v) is 10.5. The van der Waals surface area contributed by atoms with Gasteiger partial charge in [-0.1, -0.05) is 39.8 Å². The molecule has 0 bridgehead atoms. The molecule has 0 atom stereocenters. The largest absolute Gasteiger partial charge is 0.507 e. The third-order valence-electron chi connectivity index (χ3n) is 3.91. The Balaban J connectivity index is 1.57. The predicted octanol–water partition coefficient (Wildman–Crippen LogP) is 4.62. The molecule has 148 valence electrons. The molecule has 2 N–H and O–H groups in total. The maximum absolute atomic E-state index is 12.2. The standard InChI is InChI=1S/C21H19BrN4O2S/c1-13-9-14(2)25-21(24-13)29-12-15-3-5-16(6-4-15)20(28)26-23-11-17-10-18(22)7-8-19(17)27/h3-11,27H,12H2,1-2H3,(H,26,28). The Morgan fingerprint density at radius 2 is 1.83 bits per heavy atom. The van der Waals surface area contributed by atoms with Crippen molar-refractivity contribution < 1.29 is 9.90 Å². The number of benzene rings is 2. The van der Waals surface area contributed by atoms with Crippen LogP contribution in [0.2, 0.25) is 0 Å². The number of nitrogens with zero attached hydrogens (tertiary/aromatic N) is 3. The van der Waals surface area contributed by atoms with E-state index in [0.29, 0.717) is 16.9 Å². The summed E-state index contributed by atoms with van der Waals surface area (Å²) in [6.45, 7) is 3.90. The third-order valence-corrected chi connectivity index (χ3v) is 5.32. The molecule has 0 aliphatic rings. The zero-order valence-electron chi connectivity index (χ0n) is 15.9. The van der Waals surface area contributed by atoms with E-state index in [1.165, 1.54) is 6.21 Å². The molecule has 0 saturated carbocycles. The first-order chi connectivity index (χ1) is 13.9. The van der Waals surface area contributed by atoms with Crippen LogP contribution in [0, 0.1) is 13.8 Å². The van der Waals surface area contributed by atoms with Crippen molar-refractivity contribution in [1.29, 1.82) is 0 Å². The molecule has 1 heterocycles. The van der Waals surface area contributed by atoms with Crippen LogP contribution in [-0.4, -0.2) is 27.2 Å². The highest BCUT2D eigenvalue weighted by atomic mass is 79.9. The van der Waals surface area contributed by atoms with Gasteiger partial charge < -0.3 is 5.11 Å². The number of aryl methyl sites for hydroxylation is 2. The normalized spacial score (nSPS) is 11.0. The Kier molecular flexibility index (Phi) is 7.00.